The third-order valence-electron chi connectivity index (χ3n) is 1.87. The Hall–Kier alpha value is -1.06. The summed E-state index contributed by atoms with van der Waals surface area (Å²) >= 11 is 6.02. The van der Waals surface area contributed by atoms with E-state index in [2.05, 4.69) is 0 Å². The van der Waals surface area contributed by atoms with Gasteiger partial charge in [-0.05, 0) is 12.5 Å². The quantitative estimate of drug-likeness (QED) is 0.324. The first-order chi connectivity index (χ1) is 6.09. The van der Waals surface area contributed by atoms with E-state index in [1.165, 1.54) is 0 Å². The molecule has 1 aromatic carbocycles. The van der Waals surface area contributed by atoms with Gasteiger partial charge in [-0.2, -0.15) is 0 Å². The number of halogens is 1. The van der Waals surface area contributed by atoms with Gasteiger partial charge in [0, 0.05) is 0 Å². The summed E-state index contributed by atoms with van der Waals surface area (Å²) in [6.45, 7) is 1.60. The number of carbonyl (C=O) groups excluding carboxylic acids is 1. The van der Waals surface area contributed by atoms with E-state index < -0.39 is 10.8 Å². The van der Waals surface area contributed by atoms with Crippen LogP contribution in [0.1, 0.15) is 12.5 Å². The second-order valence-electron chi connectivity index (χ2n) is 2.84. The second-order valence-corrected chi connectivity index (χ2v) is 3.60. The fourth-order valence-corrected chi connectivity index (χ4v) is 1.20. The van der Waals surface area contributed by atoms with E-state index >= 15 is 0 Å². The molecule has 0 saturated heterocycles. The number of nitrogens with two attached hydrogens (primary N) is 1. The lowest BCUT2D eigenvalue weighted by molar-refractivity contribution is -0.123. The van der Waals surface area contributed by atoms with Crippen LogP contribution in [-0.2, 0) is 9.67 Å². The monoisotopic (exact) mass is 198 g/mol. The summed E-state index contributed by atoms with van der Waals surface area (Å²) in [7, 11) is 0. The summed E-state index contributed by atoms with van der Waals surface area (Å²) in [4.78, 5) is 10.2. The van der Waals surface area contributed by atoms with Crippen LogP contribution in [0.4, 0.5) is 0 Å². The number of carbonyl (C=O) groups is 1. The molecule has 1 amide bonds. The lowest BCUT2D eigenvalue weighted by atomic mass is 10.00. The van der Waals surface area contributed by atoms with Crippen LogP contribution in [0.2, 0.25) is 0 Å². The van der Waals surface area contributed by atoms with E-state index in [0.717, 1.165) is 5.56 Å². The first kappa shape index (κ1) is 10.0. The van der Waals surface area contributed by atoms with E-state index in [0.29, 0.717) is 0 Å². The van der Waals surface area contributed by atoms with Gasteiger partial charge in [-0.3, -0.25) is 10.2 Å². The number of hydrazine groups is 1. The fourth-order valence-electron chi connectivity index (χ4n) is 1.02. The SMILES string of the molecule is CC(Cl)(C(=O)NN)c1ccccc1. The zero-order valence-corrected chi connectivity index (χ0v) is 8.01. The molecule has 0 aliphatic heterocycles. The second kappa shape index (κ2) is 3.77. The highest BCUT2D eigenvalue weighted by molar-refractivity contribution is 6.34. The van der Waals surface area contributed by atoms with Crippen LogP contribution in [-0.4, -0.2) is 5.91 Å². The summed E-state index contributed by atoms with van der Waals surface area (Å²) in [5.41, 5.74) is 2.75. The number of alkyl halides is 1. The molecule has 0 spiro atoms. The predicted octanol–water partition coefficient (Wildman–Crippen LogP) is 1.13. The van der Waals surface area contributed by atoms with Gasteiger partial charge in [0.15, 0.2) is 0 Å². The van der Waals surface area contributed by atoms with Gasteiger partial charge < -0.3 is 0 Å². The minimum atomic E-state index is -1.10. The Morgan fingerprint density at radius 1 is 1.46 bits per heavy atom. The highest BCUT2D eigenvalue weighted by atomic mass is 35.5. The molecule has 0 fully saturated rings. The van der Waals surface area contributed by atoms with Crippen LogP contribution >= 0.6 is 11.6 Å². The summed E-state index contributed by atoms with van der Waals surface area (Å²) < 4.78 is 0. The van der Waals surface area contributed by atoms with Crippen LogP contribution in [0.15, 0.2) is 30.3 Å². The van der Waals surface area contributed by atoms with Crippen LogP contribution < -0.4 is 11.3 Å². The van der Waals surface area contributed by atoms with Crippen molar-refractivity contribution in [3.05, 3.63) is 35.9 Å². The average molecular weight is 199 g/mol. The Balaban J connectivity index is 3.00. The van der Waals surface area contributed by atoms with Crippen LogP contribution in [0.3, 0.4) is 0 Å². The largest absolute Gasteiger partial charge is 0.292 e. The highest BCUT2D eigenvalue weighted by Crippen LogP contribution is 2.27. The van der Waals surface area contributed by atoms with Gasteiger partial charge in [-0.25, -0.2) is 5.84 Å². The molecule has 0 aliphatic rings. The smallest absolute Gasteiger partial charge is 0.259 e. The van der Waals surface area contributed by atoms with Crippen molar-refractivity contribution in [2.75, 3.05) is 0 Å². The maximum absolute atomic E-state index is 11.3. The third-order valence-corrected chi connectivity index (χ3v) is 2.26. The number of rotatable bonds is 2. The molecule has 4 heteroatoms. The van der Waals surface area contributed by atoms with Gasteiger partial charge in [0.25, 0.3) is 5.91 Å². The lowest BCUT2D eigenvalue weighted by Gasteiger charge is -2.19. The van der Waals surface area contributed by atoms with Crippen LogP contribution in [0.25, 0.3) is 0 Å². The molecule has 13 heavy (non-hydrogen) atoms. The molecular formula is C9H11ClN2O. The Bertz CT molecular complexity index is 298. The Kier molecular flexibility index (Phi) is 2.90. The highest BCUT2D eigenvalue weighted by Gasteiger charge is 2.31. The molecule has 3 N–H and O–H groups in total. The summed E-state index contributed by atoms with van der Waals surface area (Å²) in [6.07, 6.45) is 0. The number of hydrogen-bond acceptors (Lipinski definition) is 2. The zero-order valence-electron chi connectivity index (χ0n) is 7.25. The minimum Gasteiger partial charge on any atom is -0.292 e. The first-order valence-electron chi connectivity index (χ1n) is 3.84. The topological polar surface area (TPSA) is 55.1 Å². The predicted molar refractivity (Wildman–Crippen MR) is 52.0 cm³/mol. The van der Waals surface area contributed by atoms with Crippen molar-refractivity contribution < 1.29 is 4.79 Å². The number of amides is 1. The zero-order chi connectivity index (χ0) is 9.90. The number of nitrogens with one attached hydrogen (secondary N) is 1. The van der Waals surface area contributed by atoms with Crippen molar-refractivity contribution in [3.8, 4) is 0 Å². The van der Waals surface area contributed by atoms with E-state index in [1.54, 1.807) is 19.1 Å². The Labute approximate surface area is 81.9 Å². The van der Waals surface area contributed by atoms with E-state index in [-0.39, 0.29) is 0 Å². The molecule has 1 rings (SSSR count). The molecular weight excluding hydrogens is 188 g/mol. The maximum Gasteiger partial charge on any atom is 0.259 e. The van der Waals surface area contributed by atoms with E-state index in [1.807, 2.05) is 23.6 Å². The van der Waals surface area contributed by atoms with Gasteiger partial charge in [0.2, 0.25) is 0 Å². The van der Waals surface area contributed by atoms with Crippen molar-refractivity contribution in [2.45, 2.75) is 11.8 Å². The fraction of sp³-hybridized carbons (Fsp3) is 0.222. The van der Waals surface area contributed by atoms with Crippen molar-refractivity contribution in [1.82, 2.24) is 5.43 Å². The molecule has 0 heterocycles. The normalized spacial score (nSPS) is 14.7. The van der Waals surface area contributed by atoms with Crippen molar-refractivity contribution >= 4 is 17.5 Å². The first-order valence-corrected chi connectivity index (χ1v) is 4.22. The molecule has 0 aliphatic carbocycles. The standard InChI is InChI=1S/C9H11ClN2O/c1-9(10,8(13)12-11)7-5-3-2-4-6-7/h2-6H,11H2,1H3,(H,12,13). The minimum absolute atomic E-state index is 0.416. The molecule has 0 radical (unpaired) electrons. The molecule has 1 unspecified atom stereocenters. The Morgan fingerprint density at radius 2 is 2.00 bits per heavy atom. The summed E-state index contributed by atoms with van der Waals surface area (Å²) in [5.74, 6) is 4.60. The van der Waals surface area contributed by atoms with Crippen molar-refractivity contribution in [2.24, 2.45) is 5.84 Å². The summed E-state index contributed by atoms with van der Waals surface area (Å²) in [5, 5.41) is 0. The number of hydrogen-bond donors (Lipinski definition) is 2. The van der Waals surface area contributed by atoms with Crippen molar-refractivity contribution in [3.63, 3.8) is 0 Å². The van der Waals surface area contributed by atoms with E-state index in [4.69, 9.17) is 17.4 Å². The average Bonchev–Trinajstić information content (AvgIpc) is 2.18. The molecule has 0 bridgehead atoms. The van der Waals surface area contributed by atoms with Gasteiger partial charge in [-0.1, -0.05) is 30.3 Å². The molecule has 70 valence electrons. The molecule has 0 aromatic heterocycles. The molecule has 3 nitrogen and oxygen atoms in total. The van der Waals surface area contributed by atoms with Crippen LogP contribution in [0.5, 0.6) is 0 Å². The van der Waals surface area contributed by atoms with Gasteiger partial charge in [0.05, 0.1) is 0 Å². The number of benzene rings is 1. The maximum atomic E-state index is 11.3. The van der Waals surface area contributed by atoms with E-state index in [9.17, 15) is 4.79 Å². The van der Waals surface area contributed by atoms with Crippen molar-refractivity contribution in [1.29, 1.82) is 0 Å². The van der Waals surface area contributed by atoms with Gasteiger partial charge in [-0.15, -0.1) is 11.6 Å². The van der Waals surface area contributed by atoms with Gasteiger partial charge in [0.1, 0.15) is 4.87 Å². The molecule has 0 saturated carbocycles. The van der Waals surface area contributed by atoms with Gasteiger partial charge >= 0.3 is 0 Å². The van der Waals surface area contributed by atoms with Crippen LogP contribution in [0, 0.1) is 0 Å². The molecule has 1 atom stereocenters. The molecule has 1 aromatic rings. The Morgan fingerprint density at radius 3 is 2.46 bits per heavy atom. The summed E-state index contributed by atoms with van der Waals surface area (Å²) in [6, 6.07) is 9.06. The third kappa shape index (κ3) is 1.99. The lowest BCUT2D eigenvalue weighted by Crippen LogP contribution is -2.42.